The summed E-state index contributed by atoms with van der Waals surface area (Å²) in [6, 6.07) is 11.1. The first-order chi connectivity index (χ1) is 15.8. The van der Waals surface area contributed by atoms with Crippen molar-refractivity contribution >= 4 is 17.6 Å². The van der Waals surface area contributed by atoms with Gasteiger partial charge in [0.2, 0.25) is 5.91 Å². The molecule has 0 bridgehead atoms. The Morgan fingerprint density at radius 3 is 2.58 bits per heavy atom. The Hall–Kier alpha value is -3.42. The zero-order chi connectivity index (χ0) is 23.4. The summed E-state index contributed by atoms with van der Waals surface area (Å²) in [5.41, 5.74) is 0.828. The van der Waals surface area contributed by atoms with Gasteiger partial charge in [-0.15, -0.1) is 0 Å². The Balaban J connectivity index is 1.30. The smallest absolute Gasteiger partial charge is 0.257 e. The number of hydrogen-bond donors (Lipinski definition) is 1. The molecule has 0 aromatic heterocycles. The molecule has 2 aromatic carbocycles. The first-order valence-corrected chi connectivity index (χ1v) is 11.1. The van der Waals surface area contributed by atoms with Crippen molar-refractivity contribution in [3.63, 3.8) is 0 Å². The lowest BCUT2D eigenvalue weighted by Gasteiger charge is -2.43. The van der Waals surface area contributed by atoms with E-state index in [4.69, 9.17) is 9.47 Å². The van der Waals surface area contributed by atoms with Gasteiger partial charge in [0.15, 0.2) is 12.4 Å². The molecule has 0 aliphatic carbocycles. The minimum atomic E-state index is -0.605. The maximum Gasteiger partial charge on any atom is 0.257 e. The van der Waals surface area contributed by atoms with E-state index in [1.165, 1.54) is 12.1 Å². The summed E-state index contributed by atoms with van der Waals surface area (Å²) in [6.07, 6.45) is 2.07. The number of fused-ring (bicyclic) bond motifs is 1. The number of ketones is 1. The van der Waals surface area contributed by atoms with Crippen molar-refractivity contribution in [3.05, 3.63) is 59.4 Å². The van der Waals surface area contributed by atoms with E-state index in [-0.39, 0.29) is 30.0 Å². The summed E-state index contributed by atoms with van der Waals surface area (Å²) in [7, 11) is 0. The van der Waals surface area contributed by atoms with Crippen LogP contribution in [0.5, 0.6) is 11.5 Å². The minimum absolute atomic E-state index is 0.0117. The predicted molar refractivity (Wildman–Crippen MR) is 119 cm³/mol. The number of Topliss-reactive ketones (excluding diaryl/α,β-unsaturated/α-hetero) is 1. The molecule has 1 fully saturated rings. The molecule has 33 heavy (non-hydrogen) atoms. The van der Waals surface area contributed by atoms with Gasteiger partial charge in [0.25, 0.3) is 5.91 Å². The van der Waals surface area contributed by atoms with E-state index in [1.807, 2.05) is 0 Å². The largest absolute Gasteiger partial charge is 0.486 e. The van der Waals surface area contributed by atoms with Crippen molar-refractivity contribution in [1.82, 2.24) is 10.2 Å². The van der Waals surface area contributed by atoms with Crippen LogP contribution < -0.4 is 14.8 Å². The van der Waals surface area contributed by atoms with Gasteiger partial charge in [-0.05, 0) is 36.2 Å². The van der Waals surface area contributed by atoms with Crippen LogP contribution in [0.3, 0.4) is 0 Å². The predicted octanol–water partition coefficient (Wildman–Crippen LogP) is 2.91. The van der Waals surface area contributed by atoms with E-state index >= 15 is 0 Å². The topological polar surface area (TPSA) is 84.9 Å². The molecular weight excluding hydrogens is 427 g/mol. The Bertz CT molecular complexity index is 1050. The maximum atomic E-state index is 12.9. The average molecular weight is 454 g/mol. The summed E-state index contributed by atoms with van der Waals surface area (Å²) in [5, 5.41) is 2.77. The standard InChI is InChI=1S/C25H27FN2O5/c1-17(29)28-12-9-25(10-13-28)15-22(30)21-7-6-20(14-23(21)33-25)32-16-24(31)27-11-8-18-2-4-19(26)5-3-18/h2-7,14H,8-13,15-16H2,1H3,(H,27,31). The number of nitrogens with zero attached hydrogens (tertiary/aromatic N) is 1. The highest BCUT2D eigenvalue weighted by Crippen LogP contribution is 2.40. The van der Waals surface area contributed by atoms with Gasteiger partial charge >= 0.3 is 0 Å². The fourth-order valence-electron chi connectivity index (χ4n) is 4.27. The van der Waals surface area contributed by atoms with Crippen LogP contribution in [0.4, 0.5) is 4.39 Å². The summed E-state index contributed by atoms with van der Waals surface area (Å²) >= 11 is 0. The van der Waals surface area contributed by atoms with Crippen LogP contribution in [-0.4, -0.2) is 54.3 Å². The number of likely N-dealkylation sites (tertiary alicyclic amines) is 1. The van der Waals surface area contributed by atoms with Gasteiger partial charge in [-0.3, -0.25) is 14.4 Å². The van der Waals surface area contributed by atoms with Crippen molar-refractivity contribution in [3.8, 4) is 11.5 Å². The number of carbonyl (C=O) groups is 3. The SMILES string of the molecule is CC(=O)N1CCC2(CC1)CC(=O)c1ccc(OCC(=O)NCCc3ccc(F)cc3)cc1O2. The molecule has 7 nitrogen and oxygen atoms in total. The van der Waals surface area contributed by atoms with Crippen LogP contribution in [0.15, 0.2) is 42.5 Å². The Morgan fingerprint density at radius 1 is 1.15 bits per heavy atom. The Kier molecular flexibility index (Phi) is 6.62. The average Bonchev–Trinajstić information content (AvgIpc) is 2.79. The zero-order valence-electron chi connectivity index (χ0n) is 18.6. The molecule has 2 aliphatic rings. The molecule has 1 N–H and O–H groups in total. The van der Waals surface area contributed by atoms with Crippen molar-refractivity contribution in [2.24, 2.45) is 0 Å². The number of halogens is 1. The molecule has 0 saturated carbocycles. The second-order valence-corrected chi connectivity index (χ2v) is 8.56. The third-order valence-electron chi connectivity index (χ3n) is 6.20. The molecule has 0 unspecified atom stereocenters. The van der Waals surface area contributed by atoms with Crippen LogP contribution in [0.1, 0.15) is 42.1 Å². The van der Waals surface area contributed by atoms with Crippen molar-refractivity contribution in [2.75, 3.05) is 26.2 Å². The Morgan fingerprint density at radius 2 is 1.88 bits per heavy atom. The molecule has 2 heterocycles. The number of nitrogens with one attached hydrogen (secondary N) is 1. The molecule has 1 saturated heterocycles. The second-order valence-electron chi connectivity index (χ2n) is 8.56. The number of amides is 2. The second kappa shape index (κ2) is 9.60. The van der Waals surface area contributed by atoms with Gasteiger partial charge in [0, 0.05) is 45.5 Å². The molecule has 2 aromatic rings. The maximum absolute atomic E-state index is 12.9. The van der Waals surface area contributed by atoms with Crippen molar-refractivity contribution in [2.45, 2.75) is 38.2 Å². The third kappa shape index (κ3) is 5.50. The molecule has 174 valence electrons. The van der Waals surface area contributed by atoms with Gasteiger partial charge in [0.1, 0.15) is 22.9 Å². The van der Waals surface area contributed by atoms with Crippen molar-refractivity contribution < 1.29 is 28.2 Å². The number of ether oxygens (including phenoxy) is 2. The number of rotatable bonds is 6. The number of carbonyl (C=O) groups excluding carboxylic acids is 3. The molecule has 1 spiro atoms. The third-order valence-corrected chi connectivity index (χ3v) is 6.20. The van der Waals surface area contributed by atoms with E-state index < -0.39 is 5.60 Å². The fraction of sp³-hybridized carbons (Fsp3) is 0.400. The summed E-state index contributed by atoms with van der Waals surface area (Å²) in [4.78, 5) is 38.2. The molecular formula is C25H27FN2O5. The lowest BCUT2D eigenvalue weighted by atomic mass is 9.82. The normalized spacial score (nSPS) is 16.7. The molecule has 8 heteroatoms. The minimum Gasteiger partial charge on any atom is -0.486 e. The highest BCUT2D eigenvalue weighted by atomic mass is 19.1. The summed E-state index contributed by atoms with van der Waals surface area (Å²) in [5.74, 6) is 0.362. The van der Waals surface area contributed by atoms with Gasteiger partial charge in [-0.25, -0.2) is 4.39 Å². The van der Waals surface area contributed by atoms with Gasteiger partial charge in [-0.1, -0.05) is 12.1 Å². The van der Waals surface area contributed by atoms with Gasteiger partial charge in [-0.2, -0.15) is 0 Å². The van der Waals surface area contributed by atoms with E-state index in [9.17, 15) is 18.8 Å². The molecule has 0 radical (unpaired) electrons. The molecule has 2 amide bonds. The van der Waals surface area contributed by atoms with Crippen LogP contribution in [0, 0.1) is 5.82 Å². The number of piperidine rings is 1. The Labute approximate surface area is 191 Å². The van der Waals surface area contributed by atoms with E-state index in [2.05, 4.69) is 5.32 Å². The van der Waals surface area contributed by atoms with E-state index in [0.29, 0.717) is 62.4 Å². The van der Waals surface area contributed by atoms with E-state index in [0.717, 1.165) is 5.56 Å². The first-order valence-electron chi connectivity index (χ1n) is 11.1. The van der Waals surface area contributed by atoms with Crippen LogP contribution in [0.2, 0.25) is 0 Å². The van der Waals surface area contributed by atoms with Crippen LogP contribution >= 0.6 is 0 Å². The van der Waals surface area contributed by atoms with Gasteiger partial charge < -0.3 is 19.7 Å². The molecule has 2 aliphatic heterocycles. The lowest BCUT2D eigenvalue weighted by Crippen LogP contribution is -2.51. The number of hydrogen-bond acceptors (Lipinski definition) is 5. The van der Waals surface area contributed by atoms with Gasteiger partial charge in [0.05, 0.1) is 12.0 Å². The van der Waals surface area contributed by atoms with Crippen LogP contribution in [-0.2, 0) is 16.0 Å². The lowest BCUT2D eigenvalue weighted by molar-refractivity contribution is -0.132. The zero-order valence-corrected chi connectivity index (χ0v) is 18.6. The summed E-state index contributed by atoms with van der Waals surface area (Å²) < 4.78 is 24.8. The molecule has 4 rings (SSSR count). The highest BCUT2D eigenvalue weighted by molar-refractivity contribution is 6.00. The van der Waals surface area contributed by atoms with Crippen molar-refractivity contribution in [1.29, 1.82) is 0 Å². The quantitative estimate of drug-likeness (QED) is 0.726. The van der Waals surface area contributed by atoms with Crippen LogP contribution in [0.25, 0.3) is 0 Å². The first kappa shape index (κ1) is 22.8. The fourth-order valence-corrected chi connectivity index (χ4v) is 4.27. The number of benzene rings is 2. The summed E-state index contributed by atoms with van der Waals surface area (Å²) in [6.45, 7) is 2.91. The highest BCUT2D eigenvalue weighted by Gasteiger charge is 2.43. The monoisotopic (exact) mass is 454 g/mol. The van der Waals surface area contributed by atoms with E-state index in [1.54, 1.807) is 42.2 Å². The molecule has 0 atom stereocenters.